The average molecular weight is 221 g/mol. The van der Waals surface area contributed by atoms with E-state index in [2.05, 4.69) is 11.9 Å². The van der Waals surface area contributed by atoms with Crippen molar-refractivity contribution in [2.75, 3.05) is 12.8 Å². The van der Waals surface area contributed by atoms with Gasteiger partial charge in [0.1, 0.15) is 5.82 Å². The molecular weight excluding hydrogens is 202 g/mol. The lowest BCUT2D eigenvalue weighted by molar-refractivity contribution is 0.0736. The molecule has 0 aromatic carbocycles. The average Bonchev–Trinajstić information content (AvgIpc) is 2.28. The van der Waals surface area contributed by atoms with E-state index in [0.29, 0.717) is 11.4 Å². The summed E-state index contributed by atoms with van der Waals surface area (Å²) in [6.07, 6.45) is 3.59. The summed E-state index contributed by atoms with van der Waals surface area (Å²) in [6, 6.07) is 3.60. The Morgan fingerprint density at radius 3 is 2.75 bits per heavy atom. The van der Waals surface area contributed by atoms with Crippen molar-refractivity contribution in [3.8, 4) is 0 Å². The van der Waals surface area contributed by atoms with Gasteiger partial charge < -0.3 is 10.6 Å². The minimum atomic E-state index is -0.00606. The van der Waals surface area contributed by atoms with Crippen LogP contribution < -0.4 is 5.73 Å². The summed E-state index contributed by atoms with van der Waals surface area (Å²) in [5, 5.41) is 0. The zero-order chi connectivity index (χ0) is 12.1. The fourth-order valence-corrected chi connectivity index (χ4v) is 1.55. The Balaban J connectivity index is 2.73. The summed E-state index contributed by atoms with van der Waals surface area (Å²) >= 11 is 0. The van der Waals surface area contributed by atoms with Crippen molar-refractivity contribution in [1.82, 2.24) is 9.88 Å². The Hall–Kier alpha value is -1.58. The van der Waals surface area contributed by atoms with Gasteiger partial charge in [-0.15, -0.1) is 0 Å². The number of rotatable bonds is 4. The van der Waals surface area contributed by atoms with E-state index in [0.717, 1.165) is 12.8 Å². The van der Waals surface area contributed by atoms with Gasteiger partial charge in [-0.2, -0.15) is 0 Å². The molecule has 1 unspecified atom stereocenters. The summed E-state index contributed by atoms with van der Waals surface area (Å²) < 4.78 is 0. The maximum Gasteiger partial charge on any atom is 0.255 e. The van der Waals surface area contributed by atoms with Crippen molar-refractivity contribution in [3.05, 3.63) is 23.9 Å². The van der Waals surface area contributed by atoms with Crippen molar-refractivity contribution >= 4 is 11.7 Å². The number of hydrogen-bond donors (Lipinski definition) is 1. The van der Waals surface area contributed by atoms with Crippen molar-refractivity contribution in [2.45, 2.75) is 32.7 Å². The second-order valence-electron chi connectivity index (χ2n) is 4.03. The number of carbonyl (C=O) groups is 1. The van der Waals surface area contributed by atoms with Crippen LogP contribution in [0.2, 0.25) is 0 Å². The molecule has 0 aliphatic rings. The molecular formula is C12H19N3O. The molecule has 1 amide bonds. The van der Waals surface area contributed by atoms with Crippen LogP contribution in [0.3, 0.4) is 0 Å². The van der Waals surface area contributed by atoms with Crippen LogP contribution in [0.1, 0.15) is 37.0 Å². The summed E-state index contributed by atoms with van der Waals surface area (Å²) in [4.78, 5) is 17.7. The molecule has 1 aromatic rings. The first-order chi connectivity index (χ1) is 7.56. The zero-order valence-corrected chi connectivity index (χ0v) is 10.1. The molecule has 1 heterocycles. The second-order valence-corrected chi connectivity index (χ2v) is 4.03. The first-order valence-corrected chi connectivity index (χ1v) is 5.55. The van der Waals surface area contributed by atoms with Crippen LogP contribution in [-0.2, 0) is 0 Å². The Kier molecular flexibility index (Phi) is 4.28. The van der Waals surface area contributed by atoms with E-state index in [1.54, 1.807) is 17.0 Å². The number of nitrogen functional groups attached to an aromatic ring is 1. The highest BCUT2D eigenvalue weighted by molar-refractivity contribution is 5.94. The molecule has 2 N–H and O–H groups in total. The predicted octanol–water partition coefficient (Wildman–Crippen LogP) is 1.92. The number of amides is 1. The number of pyridine rings is 1. The maximum atomic E-state index is 12.0. The fourth-order valence-electron chi connectivity index (χ4n) is 1.55. The van der Waals surface area contributed by atoms with Crippen LogP contribution in [0.4, 0.5) is 5.82 Å². The maximum absolute atomic E-state index is 12.0. The smallest absolute Gasteiger partial charge is 0.255 e. The van der Waals surface area contributed by atoms with E-state index in [9.17, 15) is 4.79 Å². The summed E-state index contributed by atoms with van der Waals surface area (Å²) in [7, 11) is 1.82. The van der Waals surface area contributed by atoms with Gasteiger partial charge in [-0.05, 0) is 25.5 Å². The van der Waals surface area contributed by atoms with Gasteiger partial charge in [0.15, 0.2) is 0 Å². The van der Waals surface area contributed by atoms with Crippen LogP contribution in [-0.4, -0.2) is 28.9 Å². The lowest BCUT2D eigenvalue weighted by Gasteiger charge is -2.24. The molecule has 0 bridgehead atoms. The molecule has 1 atom stereocenters. The summed E-state index contributed by atoms with van der Waals surface area (Å²) in [5.74, 6) is 0.425. The quantitative estimate of drug-likeness (QED) is 0.845. The highest BCUT2D eigenvalue weighted by atomic mass is 16.2. The highest BCUT2D eigenvalue weighted by Gasteiger charge is 2.16. The molecule has 4 nitrogen and oxygen atoms in total. The number of anilines is 1. The molecule has 4 heteroatoms. The molecule has 88 valence electrons. The first kappa shape index (κ1) is 12.5. The molecule has 0 fully saturated rings. The van der Waals surface area contributed by atoms with Gasteiger partial charge in [0, 0.05) is 19.3 Å². The third-order valence-corrected chi connectivity index (χ3v) is 2.72. The standard InChI is InChI=1S/C12H19N3O/c1-4-5-9(2)15(3)12(16)10-6-7-11(13)14-8-10/h6-9H,4-5H2,1-3H3,(H2,13,14). The van der Waals surface area contributed by atoms with Crippen LogP contribution in [0.5, 0.6) is 0 Å². The Morgan fingerprint density at radius 1 is 1.56 bits per heavy atom. The van der Waals surface area contributed by atoms with Crippen molar-refractivity contribution < 1.29 is 4.79 Å². The van der Waals surface area contributed by atoms with Crippen LogP contribution in [0, 0.1) is 0 Å². The van der Waals surface area contributed by atoms with Crippen LogP contribution in [0.15, 0.2) is 18.3 Å². The van der Waals surface area contributed by atoms with E-state index in [-0.39, 0.29) is 11.9 Å². The van der Waals surface area contributed by atoms with Crippen molar-refractivity contribution in [2.24, 2.45) is 0 Å². The summed E-state index contributed by atoms with van der Waals surface area (Å²) in [6.45, 7) is 4.16. The number of carbonyl (C=O) groups excluding carboxylic acids is 1. The molecule has 0 aliphatic carbocycles. The highest BCUT2D eigenvalue weighted by Crippen LogP contribution is 2.10. The van der Waals surface area contributed by atoms with Crippen LogP contribution in [0.25, 0.3) is 0 Å². The Morgan fingerprint density at radius 2 is 2.25 bits per heavy atom. The van der Waals surface area contributed by atoms with Crippen LogP contribution >= 0.6 is 0 Å². The number of hydrogen-bond acceptors (Lipinski definition) is 3. The number of aromatic nitrogens is 1. The van der Waals surface area contributed by atoms with Gasteiger partial charge in [0.25, 0.3) is 5.91 Å². The third-order valence-electron chi connectivity index (χ3n) is 2.72. The lowest BCUT2D eigenvalue weighted by atomic mass is 10.1. The van der Waals surface area contributed by atoms with Gasteiger partial charge >= 0.3 is 0 Å². The van der Waals surface area contributed by atoms with Gasteiger partial charge in [-0.3, -0.25) is 4.79 Å². The monoisotopic (exact) mass is 221 g/mol. The minimum Gasteiger partial charge on any atom is -0.384 e. The fraction of sp³-hybridized carbons (Fsp3) is 0.500. The summed E-state index contributed by atoms with van der Waals surface area (Å²) in [5.41, 5.74) is 6.06. The minimum absolute atomic E-state index is 0.00606. The SMILES string of the molecule is CCCC(C)N(C)C(=O)c1ccc(N)nc1. The van der Waals surface area contributed by atoms with Gasteiger partial charge in [0.05, 0.1) is 5.56 Å². The molecule has 16 heavy (non-hydrogen) atoms. The molecule has 0 saturated carbocycles. The second kappa shape index (κ2) is 5.49. The molecule has 0 aliphatic heterocycles. The first-order valence-electron chi connectivity index (χ1n) is 5.55. The van der Waals surface area contributed by atoms with E-state index < -0.39 is 0 Å². The molecule has 1 aromatic heterocycles. The predicted molar refractivity (Wildman–Crippen MR) is 65.1 cm³/mol. The number of nitrogens with two attached hydrogens (primary N) is 1. The molecule has 0 radical (unpaired) electrons. The van der Waals surface area contributed by atoms with E-state index in [4.69, 9.17) is 5.73 Å². The molecule has 0 spiro atoms. The van der Waals surface area contributed by atoms with Gasteiger partial charge in [0.2, 0.25) is 0 Å². The largest absolute Gasteiger partial charge is 0.384 e. The molecule has 1 rings (SSSR count). The van der Waals surface area contributed by atoms with E-state index in [1.165, 1.54) is 6.20 Å². The Labute approximate surface area is 96.5 Å². The van der Waals surface area contributed by atoms with Gasteiger partial charge in [-0.1, -0.05) is 13.3 Å². The number of nitrogens with zero attached hydrogens (tertiary/aromatic N) is 2. The van der Waals surface area contributed by atoms with E-state index in [1.807, 2.05) is 14.0 Å². The normalized spacial score (nSPS) is 12.2. The van der Waals surface area contributed by atoms with Gasteiger partial charge in [-0.25, -0.2) is 4.98 Å². The lowest BCUT2D eigenvalue weighted by Crippen LogP contribution is -2.35. The topological polar surface area (TPSA) is 59.2 Å². The zero-order valence-electron chi connectivity index (χ0n) is 10.1. The van der Waals surface area contributed by atoms with Crippen molar-refractivity contribution in [1.29, 1.82) is 0 Å². The Bertz CT molecular complexity index is 348. The van der Waals surface area contributed by atoms with E-state index >= 15 is 0 Å². The van der Waals surface area contributed by atoms with Crippen molar-refractivity contribution in [3.63, 3.8) is 0 Å². The third kappa shape index (κ3) is 2.95. The molecule has 0 saturated heterocycles.